The van der Waals surface area contributed by atoms with Crippen molar-refractivity contribution in [3.63, 3.8) is 0 Å². The number of rotatable bonds is 10. The minimum atomic E-state index is -2.03. The van der Waals surface area contributed by atoms with Crippen LogP contribution < -0.4 is 0 Å². The van der Waals surface area contributed by atoms with Gasteiger partial charge in [-0.25, -0.2) is 0 Å². The van der Waals surface area contributed by atoms with E-state index in [1.54, 1.807) is 0 Å². The Morgan fingerprint density at radius 3 is 0.591 bits per heavy atom. The molecule has 1 saturated carbocycles. The van der Waals surface area contributed by atoms with Crippen molar-refractivity contribution in [3.05, 3.63) is 179 Å². The second-order valence-corrected chi connectivity index (χ2v) is 12.2. The van der Waals surface area contributed by atoms with Crippen LogP contribution in [0.5, 0.6) is 0 Å². The Bertz CT molecular complexity index is 1250. The van der Waals surface area contributed by atoms with Gasteiger partial charge in [0.25, 0.3) is 0 Å². The molecule has 0 unspecified atom stereocenters. The molecule has 0 N–H and O–H groups in total. The van der Waals surface area contributed by atoms with Crippen LogP contribution in [-0.4, -0.2) is 0 Å². The smallest absolute Gasteiger partial charge is 0.0245 e. The van der Waals surface area contributed by atoms with Gasteiger partial charge in [-0.2, -0.15) is 0 Å². The van der Waals surface area contributed by atoms with Gasteiger partial charge in [0, 0.05) is 0 Å². The van der Waals surface area contributed by atoms with E-state index >= 15 is 0 Å². The summed E-state index contributed by atoms with van der Waals surface area (Å²) in [6, 6.07) is 56.3. The summed E-state index contributed by atoms with van der Waals surface area (Å²) in [5.74, 6) is 3.08. The van der Waals surface area contributed by atoms with Crippen LogP contribution in [0, 0.1) is 29.6 Å². The number of halogens is 1. The van der Waals surface area contributed by atoms with E-state index in [-0.39, 0.29) is 12.4 Å². The van der Waals surface area contributed by atoms with Gasteiger partial charge in [0.15, 0.2) is 0 Å². The minimum Gasteiger partial charge on any atom is -0.0622 e. The molecule has 0 bridgehead atoms. The van der Waals surface area contributed by atoms with Gasteiger partial charge >= 0.3 is 25.3 Å². The van der Waals surface area contributed by atoms with Gasteiger partial charge in [-0.05, 0) is 89.5 Å². The van der Waals surface area contributed by atoms with E-state index in [1.807, 2.05) is 0 Å². The molecule has 0 aromatic heterocycles. The Morgan fingerprint density at radius 1 is 0.318 bits per heavy atom. The maximum Gasteiger partial charge on any atom is -0.0245 e. The molecule has 0 radical (unpaired) electrons. The molecule has 0 aliphatic heterocycles. The number of hydrogen-bond donors (Lipinski definition) is 0. The molecule has 1 fully saturated rings. The maximum atomic E-state index is 8.50. The van der Waals surface area contributed by atoms with Crippen LogP contribution in [0.25, 0.3) is 0 Å². The Labute approximate surface area is 277 Å². The van der Waals surface area contributed by atoms with Gasteiger partial charge in [-0.1, -0.05) is 152 Å². The molecular formula is C40H41ClMoO2. The zero-order valence-electron chi connectivity index (χ0n) is 25.0. The summed E-state index contributed by atoms with van der Waals surface area (Å²) in [7, 11) is 0. The molecule has 44 heavy (non-hydrogen) atoms. The average molecular weight is 685 g/mol. The van der Waals surface area contributed by atoms with Gasteiger partial charge in [0.2, 0.25) is 0 Å². The fourth-order valence-corrected chi connectivity index (χ4v) is 7.53. The fourth-order valence-electron chi connectivity index (χ4n) is 7.53. The zero-order valence-corrected chi connectivity index (χ0v) is 27.8. The molecule has 6 rings (SSSR count). The van der Waals surface area contributed by atoms with Crippen LogP contribution >= 0.6 is 12.4 Å². The normalized spacial score (nSPS) is 20.5. The molecule has 0 amide bonds. The summed E-state index contributed by atoms with van der Waals surface area (Å²) < 4.78 is 17.0. The van der Waals surface area contributed by atoms with Crippen molar-refractivity contribution >= 4 is 12.4 Å². The third kappa shape index (κ3) is 9.34. The van der Waals surface area contributed by atoms with E-state index in [2.05, 4.69) is 152 Å². The van der Waals surface area contributed by atoms with Crippen LogP contribution in [0.1, 0.15) is 27.8 Å². The predicted molar refractivity (Wildman–Crippen MR) is 177 cm³/mol. The first-order chi connectivity index (χ1) is 21.2. The average Bonchev–Trinajstić information content (AvgIpc) is 3.29. The largest absolute Gasteiger partial charge is 0.0622 e. The third-order valence-electron chi connectivity index (χ3n) is 9.32. The molecule has 5 aromatic rings. The van der Waals surface area contributed by atoms with Crippen molar-refractivity contribution in [2.24, 2.45) is 29.6 Å². The second kappa shape index (κ2) is 17.8. The summed E-state index contributed by atoms with van der Waals surface area (Å²) in [5, 5.41) is 0. The summed E-state index contributed by atoms with van der Waals surface area (Å²) >= 11 is -2.03. The Balaban J connectivity index is 0.00000106. The van der Waals surface area contributed by atoms with Crippen LogP contribution in [0.2, 0.25) is 0 Å². The maximum absolute atomic E-state index is 8.50. The minimum absolute atomic E-state index is 0. The summed E-state index contributed by atoms with van der Waals surface area (Å²) in [4.78, 5) is 0. The molecule has 5 aromatic carbocycles. The second-order valence-electron chi connectivity index (χ2n) is 11.8. The SMILES string of the molecule is Cl.[O]=[Mo]=[O].c1ccc(CC2C(Cc3ccccc3)C(Cc3ccccc3)C(Cc3ccccc3)C2Cc2ccccc2)cc1. The predicted octanol–water partition coefficient (Wildman–Crippen LogP) is 9.48. The van der Waals surface area contributed by atoms with Gasteiger partial charge in [-0.15, -0.1) is 12.4 Å². The van der Waals surface area contributed by atoms with Crippen molar-refractivity contribution in [2.45, 2.75) is 32.1 Å². The molecule has 4 heteroatoms. The molecule has 0 atom stereocenters. The van der Waals surface area contributed by atoms with Crippen molar-refractivity contribution in [1.29, 1.82) is 0 Å². The fraction of sp³-hybridized carbons (Fsp3) is 0.250. The van der Waals surface area contributed by atoms with Gasteiger partial charge in [-0.3, -0.25) is 0 Å². The molecule has 1 aliphatic carbocycles. The molecule has 226 valence electrons. The first kappa shape index (κ1) is 33.6. The van der Waals surface area contributed by atoms with Crippen LogP contribution in [-0.2, 0) is 57.4 Å². The number of benzene rings is 5. The third-order valence-corrected chi connectivity index (χ3v) is 9.32. The molecule has 0 spiro atoms. The Hall–Kier alpha value is -3.32. The topological polar surface area (TPSA) is 34.1 Å². The van der Waals surface area contributed by atoms with E-state index in [0.717, 1.165) is 32.1 Å². The zero-order chi connectivity index (χ0) is 29.7. The van der Waals surface area contributed by atoms with E-state index in [0.29, 0.717) is 29.6 Å². The van der Waals surface area contributed by atoms with Crippen molar-refractivity contribution in [2.75, 3.05) is 0 Å². The molecule has 1 aliphatic rings. The standard InChI is InChI=1S/C40H40.ClH.Mo.2O/c1-6-16-31(17-7-1)26-36-37(27-32-18-8-2-9-19-32)39(29-34-22-12-4-13-23-34)40(30-35-24-14-5-15-25-35)38(36)28-33-20-10-3-11-21-33;;;;/h1-25,36-40H,26-30H2;1H;;;. The first-order valence-electron chi connectivity index (χ1n) is 15.4. The summed E-state index contributed by atoms with van der Waals surface area (Å²) in [5.41, 5.74) is 7.37. The van der Waals surface area contributed by atoms with Gasteiger partial charge in [0.05, 0.1) is 0 Å². The van der Waals surface area contributed by atoms with Gasteiger partial charge < -0.3 is 0 Å². The van der Waals surface area contributed by atoms with Crippen molar-refractivity contribution in [1.82, 2.24) is 0 Å². The van der Waals surface area contributed by atoms with E-state index in [9.17, 15) is 0 Å². The Morgan fingerprint density at radius 2 is 0.455 bits per heavy atom. The Kier molecular flexibility index (Phi) is 13.6. The van der Waals surface area contributed by atoms with E-state index in [4.69, 9.17) is 6.80 Å². The van der Waals surface area contributed by atoms with Crippen LogP contribution in [0.15, 0.2) is 152 Å². The number of hydrogen-bond acceptors (Lipinski definition) is 2. The molecular weight excluding hydrogens is 644 g/mol. The monoisotopic (exact) mass is 686 g/mol. The summed E-state index contributed by atoms with van der Waals surface area (Å²) in [6.45, 7) is 0. The van der Waals surface area contributed by atoms with Crippen LogP contribution in [0.3, 0.4) is 0 Å². The molecule has 0 saturated heterocycles. The van der Waals surface area contributed by atoms with Crippen molar-refractivity contribution < 1.29 is 25.3 Å². The van der Waals surface area contributed by atoms with Gasteiger partial charge in [0.1, 0.15) is 0 Å². The van der Waals surface area contributed by atoms with Crippen molar-refractivity contribution in [3.8, 4) is 0 Å². The van der Waals surface area contributed by atoms with E-state index in [1.165, 1.54) is 27.8 Å². The summed E-state index contributed by atoms with van der Waals surface area (Å²) in [6.07, 6.45) is 5.73. The molecule has 2 nitrogen and oxygen atoms in total. The van der Waals surface area contributed by atoms with E-state index < -0.39 is 18.5 Å². The quantitative estimate of drug-likeness (QED) is 0.137. The van der Waals surface area contributed by atoms with Crippen LogP contribution in [0.4, 0.5) is 0 Å². The first-order valence-corrected chi connectivity index (χ1v) is 17.0. The molecule has 0 heterocycles.